The number of ether oxygens (including phenoxy) is 1. The molecule has 0 saturated carbocycles. The van der Waals surface area contributed by atoms with Crippen LogP contribution in [0.2, 0.25) is 0 Å². The predicted octanol–water partition coefficient (Wildman–Crippen LogP) is 0.666. The third kappa shape index (κ3) is 1.92. The normalized spacial score (nSPS) is 14.1. The number of benzene rings is 1. The maximum absolute atomic E-state index is 11.0. The van der Waals surface area contributed by atoms with Crippen LogP contribution >= 0.6 is 12.4 Å². The van der Waals surface area contributed by atoms with Crippen LogP contribution in [0.4, 0.5) is 0 Å². The molecule has 0 atom stereocenters. The van der Waals surface area contributed by atoms with Crippen molar-refractivity contribution in [1.82, 2.24) is 0 Å². The van der Waals surface area contributed by atoms with E-state index in [-0.39, 0.29) is 23.5 Å². The highest BCUT2D eigenvalue weighted by molar-refractivity contribution is 7.85. The predicted molar refractivity (Wildman–Crippen MR) is 53.3 cm³/mol. The number of hydrogen-bond donors (Lipinski definition) is 1. The van der Waals surface area contributed by atoms with E-state index in [1.807, 2.05) is 0 Å². The van der Waals surface area contributed by atoms with Gasteiger partial charge in [0.05, 0.1) is 16.0 Å². The molecule has 0 fully saturated rings. The summed E-state index contributed by atoms with van der Waals surface area (Å²) in [5.74, 6) is -1.74. The maximum Gasteiger partial charge on any atom is 0.346 e. The van der Waals surface area contributed by atoms with Crippen molar-refractivity contribution in [1.29, 1.82) is 0 Å². The number of hydrogen-bond acceptors (Lipinski definition) is 5. The second-order valence-corrected chi connectivity index (χ2v) is 4.28. The van der Waals surface area contributed by atoms with Crippen LogP contribution in [0.5, 0.6) is 0 Å². The zero-order valence-corrected chi connectivity index (χ0v) is 9.17. The molecule has 0 saturated heterocycles. The van der Waals surface area contributed by atoms with Crippen molar-refractivity contribution in [2.24, 2.45) is 0 Å². The summed E-state index contributed by atoms with van der Waals surface area (Å²) in [6.07, 6.45) is 0. The van der Waals surface area contributed by atoms with E-state index in [9.17, 15) is 18.0 Å². The van der Waals surface area contributed by atoms with Gasteiger partial charge in [0.25, 0.3) is 10.1 Å². The minimum Gasteiger partial charge on any atom is -0.386 e. The van der Waals surface area contributed by atoms with Gasteiger partial charge in [-0.1, -0.05) is 0 Å². The van der Waals surface area contributed by atoms with E-state index in [1.54, 1.807) is 0 Å². The molecule has 1 N–H and O–H groups in total. The Labute approximate surface area is 96.4 Å². The van der Waals surface area contributed by atoms with Gasteiger partial charge in [0.2, 0.25) is 0 Å². The molecule has 0 unspecified atom stereocenters. The van der Waals surface area contributed by atoms with Crippen molar-refractivity contribution in [3.63, 3.8) is 0 Å². The number of carbonyl (C=O) groups is 2. The first-order valence-corrected chi connectivity index (χ1v) is 5.21. The molecule has 0 aliphatic carbocycles. The van der Waals surface area contributed by atoms with Crippen LogP contribution < -0.4 is 0 Å². The highest BCUT2D eigenvalue weighted by atomic mass is 35.5. The van der Waals surface area contributed by atoms with Crippen LogP contribution in [0.25, 0.3) is 0 Å². The third-order valence-corrected chi connectivity index (χ3v) is 2.76. The van der Waals surface area contributed by atoms with Gasteiger partial charge in [0, 0.05) is 0 Å². The fourth-order valence-electron chi connectivity index (χ4n) is 1.22. The molecule has 2 rings (SSSR count). The topological polar surface area (TPSA) is 97.7 Å². The molecule has 0 radical (unpaired) electrons. The van der Waals surface area contributed by atoms with Crippen LogP contribution in [0.1, 0.15) is 20.7 Å². The Hall–Kier alpha value is -1.44. The highest BCUT2D eigenvalue weighted by Gasteiger charge is 2.30. The first kappa shape index (κ1) is 12.6. The summed E-state index contributed by atoms with van der Waals surface area (Å²) in [6.45, 7) is 0. The second kappa shape index (κ2) is 3.85. The fourth-order valence-corrected chi connectivity index (χ4v) is 1.73. The molecule has 16 heavy (non-hydrogen) atoms. The largest absolute Gasteiger partial charge is 0.386 e. The van der Waals surface area contributed by atoms with Gasteiger partial charge in [-0.05, 0) is 18.2 Å². The average Bonchev–Trinajstić information content (AvgIpc) is 2.41. The Morgan fingerprint density at radius 3 is 2.19 bits per heavy atom. The molecule has 0 amide bonds. The zero-order chi connectivity index (χ0) is 11.2. The summed E-state index contributed by atoms with van der Waals surface area (Å²) < 4.78 is 34.4. The molecule has 0 bridgehead atoms. The molecule has 86 valence electrons. The summed E-state index contributed by atoms with van der Waals surface area (Å²) >= 11 is 0. The first-order valence-electron chi connectivity index (χ1n) is 3.77. The Bertz CT molecular complexity index is 576. The van der Waals surface area contributed by atoms with Crippen molar-refractivity contribution < 1.29 is 27.3 Å². The molecule has 1 aromatic carbocycles. The van der Waals surface area contributed by atoms with Crippen LogP contribution in [0.3, 0.4) is 0 Å². The van der Waals surface area contributed by atoms with Gasteiger partial charge in [-0.25, -0.2) is 9.59 Å². The Morgan fingerprint density at radius 2 is 1.62 bits per heavy atom. The quantitative estimate of drug-likeness (QED) is 0.455. The number of carbonyl (C=O) groups excluding carboxylic acids is 2. The fraction of sp³-hybridized carbons (Fsp3) is 0. The van der Waals surface area contributed by atoms with Crippen molar-refractivity contribution in [3.05, 3.63) is 29.3 Å². The lowest BCUT2D eigenvalue weighted by molar-refractivity contribution is 0.0443. The number of cyclic esters (lactones) is 2. The van der Waals surface area contributed by atoms with Gasteiger partial charge >= 0.3 is 11.9 Å². The van der Waals surface area contributed by atoms with Crippen LogP contribution in [-0.4, -0.2) is 24.9 Å². The van der Waals surface area contributed by atoms with E-state index in [1.165, 1.54) is 0 Å². The van der Waals surface area contributed by atoms with Crippen molar-refractivity contribution >= 4 is 34.5 Å². The zero-order valence-electron chi connectivity index (χ0n) is 7.54. The standard InChI is InChI=1S/C8H4O6S.ClH/c9-7-5-2-1-4(15(11,12)13)3-6(5)8(10)14-7;/h1-3H,(H,11,12,13);1H. The monoisotopic (exact) mass is 264 g/mol. The summed E-state index contributed by atoms with van der Waals surface area (Å²) in [5, 5.41) is 0. The van der Waals surface area contributed by atoms with Crippen LogP contribution in [0, 0.1) is 0 Å². The van der Waals surface area contributed by atoms with Gasteiger partial charge in [-0.15, -0.1) is 12.4 Å². The van der Waals surface area contributed by atoms with E-state index >= 15 is 0 Å². The lowest BCUT2D eigenvalue weighted by Crippen LogP contribution is -2.01. The van der Waals surface area contributed by atoms with E-state index in [0.29, 0.717) is 0 Å². The average molecular weight is 265 g/mol. The summed E-state index contributed by atoms with van der Waals surface area (Å²) in [5.41, 5.74) is -0.164. The molecule has 0 aromatic heterocycles. The van der Waals surface area contributed by atoms with E-state index < -0.39 is 27.0 Å². The van der Waals surface area contributed by atoms with E-state index in [2.05, 4.69) is 4.74 Å². The van der Waals surface area contributed by atoms with Gasteiger partial charge < -0.3 is 4.74 Å². The first-order chi connectivity index (χ1) is 6.89. The SMILES string of the molecule is Cl.O=C1OC(=O)c2cc(S(=O)(=O)O)ccc21. The van der Waals surface area contributed by atoms with E-state index in [4.69, 9.17) is 4.55 Å². The number of esters is 2. The Morgan fingerprint density at radius 1 is 1.06 bits per heavy atom. The molecule has 6 nitrogen and oxygen atoms in total. The minimum atomic E-state index is -4.38. The molecule has 8 heteroatoms. The number of rotatable bonds is 1. The van der Waals surface area contributed by atoms with Gasteiger partial charge in [-0.3, -0.25) is 4.55 Å². The molecular formula is C8H5ClO6S. The summed E-state index contributed by atoms with van der Waals surface area (Å²) in [6, 6.07) is 3.04. The molecule has 1 aromatic rings. The lowest BCUT2D eigenvalue weighted by Gasteiger charge is -1.97. The smallest absolute Gasteiger partial charge is 0.346 e. The van der Waals surface area contributed by atoms with Gasteiger partial charge in [-0.2, -0.15) is 8.42 Å². The minimum absolute atomic E-state index is 0. The van der Waals surface area contributed by atoms with Gasteiger partial charge in [0.15, 0.2) is 0 Å². The molecule has 0 spiro atoms. The lowest BCUT2D eigenvalue weighted by atomic mass is 10.1. The maximum atomic E-state index is 11.0. The Balaban J connectivity index is 0.00000128. The summed E-state index contributed by atoms with van der Waals surface area (Å²) in [7, 11) is -4.38. The van der Waals surface area contributed by atoms with Crippen molar-refractivity contribution in [3.8, 4) is 0 Å². The highest BCUT2D eigenvalue weighted by Crippen LogP contribution is 2.22. The van der Waals surface area contributed by atoms with Crippen molar-refractivity contribution in [2.75, 3.05) is 0 Å². The molecular weight excluding hydrogens is 260 g/mol. The second-order valence-electron chi connectivity index (χ2n) is 2.86. The van der Waals surface area contributed by atoms with Gasteiger partial charge in [0.1, 0.15) is 0 Å². The number of fused-ring (bicyclic) bond motifs is 1. The molecule has 1 aliphatic heterocycles. The summed E-state index contributed by atoms with van der Waals surface area (Å²) in [4.78, 5) is 21.6. The third-order valence-electron chi connectivity index (χ3n) is 1.91. The van der Waals surface area contributed by atoms with Crippen LogP contribution in [0.15, 0.2) is 23.1 Å². The van der Waals surface area contributed by atoms with E-state index in [0.717, 1.165) is 18.2 Å². The number of halogens is 1. The van der Waals surface area contributed by atoms with Crippen LogP contribution in [-0.2, 0) is 14.9 Å². The molecule has 1 heterocycles. The van der Waals surface area contributed by atoms with Crippen molar-refractivity contribution in [2.45, 2.75) is 4.90 Å². The Kier molecular flexibility index (Phi) is 3.04. The molecule has 1 aliphatic rings.